The smallest absolute Gasteiger partial charge is 0.136 e. The molecule has 246 valence electrons. The average molecular weight is 692 g/mol. The van der Waals surface area contributed by atoms with Crippen LogP contribution in [-0.2, 0) is 0 Å². The van der Waals surface area contributed by atoms with E-state index in [9.17, 15) is 13.7 Å². The molecule has 1 nitrogen and oxygen atoms in total. The molecule has 0 unspecified atom stereocenters. The molecule has 11 aromatic rings. The molecule has 0 aliphatic carbocycles. The second-order valence-electron chi connectivity index (χ2n) is 12.6. The first-order chi connectivity index (χ1) is 34.2. The maximum absolute atomic E-state index is 9.80. The van der Waals surface area contributed by atoms with Crippen molar-refractivity contribution in [2.45, 2.75) is 0 Å². The minimum absolute atomic E-state index is 0.103. The first kappa shape index (κ1) is 16.6. The van der Waals surface area contributed by atoms with Gasteiger partial charge in [0.05, 0.1) is 26.0 Å². The fourth-order valence-corrected chi connectivity index (χ4v) is 7.22. The van der Waals surface area contributed by atoms with Gasteiger partial charge in [0.2, 0.25) is 0 Å². The molecule has 11 rings (SSSR count). The van der Waals surface area contributed by atoms with E-state index in [4.69, 9.17) is 16.8 Å². The topological polar surface area (TPSA) is 13.1 Å². The maximum atomic E-state index is 9.80. The van der Waals surface area contributed by atoms with Crippen LogP contribution in [0.5, 0.6) is 0 Å². The summed E-state index contributed by atoms with van der Waals surface area (Å²) in [6, 6.07) is 9.53. The van der Waals surface area contributed by atoms with Gasteiger partial charge in [0, 0.05) is 10.8 Å². The van der Waals surface area contributed by atoms with E-state index < -0.39 is 164 Å². The molecule has 0 amide bonds. The van der Waals surface area contributed by atoms with Gasteiger partial charge in [-0.25, -0.2) is 0 Å². The zero-order valence-corrected chi connectivity index (χ0v) is 27.4. The maximum Gasteiger partial charge on any atom is 0.136 e. The van der Waals surface area contributed by atoms with Gasteiger partial charge in [0.15, 0.2) is 0 Å². The van der Waals surface area contributed by atoms with Gasteiger partial charge in [0.25, 0.3) is 0 Å². The third kappa shape index (κ3) is 4.79. The monoisotopic (exact) mass is 691 g/mol. The highest BCUT2D eigenvalue weighted by atomic mass is 16.3. The lowest BCUT2D eigenvalue weighted by molar-refractivity contribution is 0.669. The van der Waals surface area contributed by atoms with E-state index in [1.54, 1.807) is 18.2 Å². The molecular weight excluding hydrogens is 641 g/mol. The van der Waals surface area contributed by atoms with E-state index in [-0.39, 0.29) is 16.5 Å². The molecular formula is C52H32O. The molecule has 10 aromatic carbocycles. The summed E-state index contributed by atoms with van der Waals surface area (Å²) in [5.41, 5.74) is 0.577. The van der Waals surface area contributed by atoms with Gasteiger partial charge < -0.3 is 4.42 Å². The van der Waals surface area contributed by atoms with Crippen LogP contribution < -0.4 is 0 Å². The Balaban J connectivity index is 1.24. The third-order valence-electron chi connectivity index (χ3n) is 9.59. The summed E-state index contributed by atoms with van der Waals surface area (Å²) in [4.78, 5) is 0. The lowest BCUT2D eigenvalue weighted by Gasteiger charge is -2.18. The lowest BCUT2D eigenvalue weighted by Crippen LogP contribution is -1.90. The number of rotatable bonds is 4. The zero-order chi connectivity index (χ0) is 51.4. The van der Waals surface area contributed by atoms with E-state index in [0.29, 0.717) is 16.6 Å². The first-order valence-corrected chi connectivity index (χ1v) is 16.7. The fraction of sp³-hybridized carbons (Fsp3) is 0. The number of benzene rings is 10. The zero-order valence-electron chi connectivity index (χ0n) is 46.4. The van der Waals surface area contributed by atoms with Crippen molar-refractivity contribution >= 4 is 65.0 Å². The van der Waals surface area contributed by atoms with Crippen LogP contribution in [0.4, 0.5) is 0 Å². The van der Waals surface area contributed by atoms with Crippen LogP contribution >= 0.6 is 0 Å². The minimum atomic E-state index is -0.870. The molecule has 1 heterocycles. The first-order valence-electron chi connectivity index (χ1n) is 26.2. The highest BCUT2D eigenvalue weighted by molar-refractivity contribution is 6.22. The molecule has 0 saturated carbocycles. The van der Waals surface area contributed by atoms with Gasteiger partial charge in [-0.05, 0) is 124 Å². The van der Waals surface area contributed by atoms with E-state index >= 15 is 0 Å². The number of hydrogen-bond donors (Lipinski definition) is 0. The van der Waals surface area contributed by atoms with Crippen LogP contribution in [0.3, 0.4) is 0 Å². The average Bonchev–Trinajstić information content (AvgIpc) is 3.75. The van der Waals surface area contributed by atoms with Crippen molar-refractivity contribution in [3.05, 3.63) is 194 Å². The fourth-order valence-electron chi connectivity index (χ4n) is 7.22. The standard InChI is InChI=1S/C52H32O/c1-2-12-34(13-3-1)50-43-15-6-8-17-45(43)51(46-18-9-7-16-44(46)50)41-26-24-36-29-37(22-23-38(36)31-41)39-27-28-48-47(32-39)52-42(19-10-20-49(52)53-48)40-25-21-33-11-4-5-14-35(33)30-40/h1-32H/i1D,2D,3D,6D,7D,8D,9D,12D,13D,15D,16D,17D,18D,22D,23D,24D,26D,29D,31D. The molecule has 53 heavy (non-hydrogen) atoms. The summed E-state index contributed by atoms with van der Waals surface area (Å²) in [5.74, 6) is 0. The molecule has 0 saturated heterocycles. The second kappa shape index (κ2) is 11.8. The van der Waals surface area contributed by atoms with Gasteiger partial charge in [-0.2, -0.15) is 0 Å². The van der Waals surface area contributed by atoms with Crippen molar-refractivity contribution in [2.75, 3.05) is 0 Å². The molecule has 0 bridgehead atoms. The van der Waals surface area contributed by atoms with Gasteiger partial charge >= 0.3 is 0 Å². The Morgan fingerprint density at radius 3 is 1.72 bits per heavy atom. The van der Waals surface area contributed by atoms with Gasteiger partial charge in [-0.15, -0.1) is 0 Å². The van der Waals surface area contributed by atoms with Gasteiger partial charge in [-0.1, -0.05) is 157 Å². The normalized spacial score (nSPS) is 16.8. The molecule has 0 aliphatic rings. The van der Waals surface area contributed by atoms with Crippen molar-refractivity contribution in [1.82, 2.24) is 0 Å². The van der Waals surface area contributed by atoms with E-state index in [0.717, 1.165) is 27.3 Å². The van der Waals surface area contributed by atoms with E-state index in [2.05, 4.69) is 6.07 Å². The lowest BCUT2D eigenvalue weighted by atomic mass is 9.85. The molecule has 1 heteroatoms. The molecule has 0 radical (unpaired) electrons. The molecule has 1 aromatic heterocycles. The quantitative estimate of drug-likeness (QED) is 0.167. The van der Waals surface area contributed by atoms with E-state index in [1.807, 2.05) is 54.6 Å². The molecule has 0 spiro atoms. The van der Waals surface area contributed by atoms with Crippen LogP contribution in [0.2, 0.25) is 0 Å². The highest BCUT2D eigenvalue weighted by Gasteiger charge is 2.17. The van der Waals surface area contributed by atoms with Gasteiger partial charge in [0.1, 0.15) is 11.2 Å². The van der Waals surface area contributed by atoms with Crippen molar-refractivity contribution in [3.63, 3.8) is 0 Å². The largest absolute Gasteiger partial charge is 0.456 e. The predicted molar refractivity (Wildman–Crippen MR) is 225 cm³/mol. The summed E-state index contributed by atoms with van der Waals surface area (Å²) in [6.07, 6.45) is 0. The van der Waals surface area contributed by atoms with Crippen LogP contribution in [0, 0.1) is 0 Å². The van der Waals surface area contributed by atoms with Crippen LogP contribution in [-0.4, -0.2) is 0 Å². The SMILES string of the molecule is [2H]c1c([2H])c([2H])c(-c2c3c([2H])c([2H])c([2H])c([2H])c3c(-c3c([2H])c([2H])c4c([2H])c(-c5ccc6oc7cccc(-c8ccc9ccccc9c8)c7c6c5)c([2H])c([2H])c4c3[2H])c3c([2H])c([2H])c([2H])c([2H])c23)c([2H])c1[2H]. The number of furan rings is 1. The summed E-state index contributed by atoms with van der Waals surface area (Å²) < 4.78 is 179. The van der Waals surface area contributed by atoms with Crippen LogP contribution in [0.15, 0.2) is 198 Å². The Morgan fingerprint density at radius 1 is 0.358 bits per heavy atom. The second-order valence-corrected chi connectivity index (χ2v) is 12.6. The van der Waals surface area contributed by atoms with Crippen LogP contribution in [0.1, 0.15) is 26.0 Å². The molecule has 0 N–H and O–H groups in total. The van der Waals surface area contributed by atoms with Crippen molar-refractivity contribution < 1.29 is 30.5 Å². The Labute approximate surface area is 333 Å². The predicted octanol–water partition coefficient (Wildman–Crippen LogP) is 14.9. The Morgan fingerprint density at radius 2 is 0.981 bits per heavy atom. The summed E-state index contributed by atoms with van der Waals surface area (Å²) in [7, 11) is 0. The minimum Gasteiger partial charge on any atom is -0.456 e. The van der Waals surface area contributed by atoms with Crippen LogP contribution in [0.25, 0.3) is 110 Å². The Hall–Kier alpha value is -6.96. The molecule has 0 atom stereocenters. The summed E-state index contributed by atoms with van der Waals surface area (Å²) in [5, 5.41) is 0.282. The summed E-state index contributed by atoms with van der Waals surface area (Å²) >= 11 is 0. The third-order valence-corrected chi connectivity index (χ3v) is 9.59. The van der Waals surface area contributed by atoms with Gasteiger partial charge in [-0.3, -0.25) is 0 Å². The van der Waals surface area contributed by atoms with Crippen molar-refractivity contribution in [3.8, 4) is 44.5 Å². The van der Waals surface area contributed by atoms with Crippen molar-refractivity contribution in [1.29, 1.82) is 0 Å². The van der Waals surface area contributed by atoms with Crippen molar-refractivity contribution in [2.24, 2.45) is 0 Å². The Kier molecular flexibility index (Phi) is 3.69. The Bertz CT molecular complexity index is 4220. The highest BCUT2D eigenvalue weighted by Crippen LogP contribution is 2.45. The van der Waals surface area contributed by atoms with E-state index in [1.165, 1.54) is 0 Å². The number of hydrogen-bond acceptors (Lipinski definition) is 1. The summed E-state index contributed by atoms with van der Waals surface area (Å²) in [6.45, 7) is 0. The molecule has 0 aliphatic heterocycles. The molecule has 0 fully saturated rings. The number of fused-ring (bicyclic) bond motifs is 7.